The molecule has 0 aliphatic carbocycles. The van der Waals surface area contributed by atoms with Gasteiger partial charge in [-0.2, -0.15) is 0 Å². The van der Waals surface area contributed by atoms with Gasteiger partial charge in [0.05, 0.1) is 19.7 Å². The fourth-order valence-electron chi connectivity index (χ4n) is 2.85. The summed E-state index contributed by atoms with van der Waals surface area (Å²) < 4.78 is 10.5. The summed E-state index contributed by atoms with van der Waals surface area (Å²) in [4.78, 5) is 31.6. The number of rotatable bonds is 5. The summed E-state index contributed by atoms with van der Waals surface area (Å²) in [6.07, 6.45) is 0.737. The molecule has 2 aliphatic rings. The molecule has 2 fully saturated rings. The molecule has 0 aromatic heterocycles. The van der Waals surface area contributed by atoms with E-state index < -0.39 is 6.09 Å². The second-order valence-electron chi connectivity index (χ2n) is 5.83. The Morgan fingerprint density at radius 2 is 2.08 bits per heavy atom. The summed E-state index contributed by atoms with van der Waals surface area (Å²) in [6, 6.07) is 9.76. The number of nitrogens with zero attached hydrogens (tertiary/aromatic N) is 3. The SMILES string of the molecule is CC(N1CCOCC1=O)N1C[C@H](CN=Cc2ccccc2)OC1=O. The molecule has 0 radical (unpaired) electrons. The first kappa shape index (κ1) is 16.4. The van der Waals surface area contributed by atoms with E-state index in [0.717, 1.165) is 5.56 Å². The molecule has 1 unspecified atom stereocenters. The molecule has 0 N–H and O–H groups in total. The summed E-state index contributed by atoms with van der Waals surface area (Å²) in [7, 11) is 0. The van der Waals surface area contributed by atoms with Crippen LogP contribution in [0.25, 0.3) is 0 Å². The van der Waals surface area contributed by atoms with Crippen molar-refractivity contribution < 1.29 is 19.1 Å². The normalized spacial score (nSPS) is 23.0. The third kappa shape index (κ3) is 3.73. The number of hydrogen-bond acceptors (Lipinski definition) is 5. The van der Waals surface area contributed by atoms with E-state index in [4.69, 9.17) is 9.47 Å². The van der Waals surface area contributed by atoms with Crippen molar-refractivity contribution in [2.24, 2.45) is 4.99 Å². The van der Waals surface area contributed by atoms with Crippen molar-refractivity contribution in [3.05, 3.63) is 35.9 Å². The molecule has 7 nitrogen and oxygen atoms in total. The molecule has 2 aliphatic heterocycles. The summed E-state index contributed by atoms with van der Waals surface area (Å²) >= 11 is 0. The number of benzene rings is 1. The summed E-state index contributed by atoms with van der Waals surface area (Å²) in [6.45, 7) is 3.71. The number of cyclic esters (lactones) is 1. The van der Waals surface area contributed by atoms with Crippen LogP contribution < -0.4 is 0 Å². The number of carbonyl (C=O) groups is 2. The Labute approximate surface area is 140 Å². The summed E-state index contributed by atoms with van der Waals surface area (Å²) in [5.74, 6) is -0.105. The molecule has 3 rings (SSSR count). The lowest BCUT2D eigenvalue weighted by molar-refractivity contribution is -0.148. The number of ether oxygens (including phenoxy) is 2. The van der Waals surface area contributed by atoms with E-state index in [1.807, 2.05) is 37.3 Å². The fraction of sp³-hybridized carbons (Fsp3) is 0.471. The molecule has 0 spiro atoms. The molecule has 128 valence electrons. The molecule has 2 saturated heterocycles. The van der Waals surface area contributed by atoms with Gasteiger partial charge in [-0.3, -0.25) is 14.7 Å². The zero-order chi connectivity index (χ0) is 16.9. The zero-order valence-electron chi connectivity index (χ0n) is 13.6. The maximum absolute atomic E-state index is 12.1. The van der Waals surface area contributed by atoms with Crippen molar-refractivity contribution in [1.82, 2.24) is 9.80 Å². The number of hydrogen-bond donors (Lipinski definition) is 0. The largest absolute Gasteiger partial charge is 0.442 e. The first-order chi connectivity index (χ1) is 11.6. The number of aliphatic imine (C=N–C) groups is 1. The Morgan fingerprint density at radius 3 is 2.83 bits per heavy atom. The summed E-state index contributed by atoms with van der Waals surface area (Å²) in [5.41, 5.74) is 1.01. The summed E-state index contributed by atoms with van der Waals surface area (Å²) in [5, 5.41) is 0. The van der Waals surface area contributed by atoms with Gasteiger partial charge in [0.25, 0.3) is 0 Å². The minimum absolute atomic E-state index is 0.0675. The van der Waals surface area contributed by atoms with Crippen LogP contribution in [-0.2, 0) is 14.3 Å². The van der Waals surface area contributed by atoms with Crippen LogP contribution in [0.3, 0.4) is 0 Å². The molecule has 24 heavy (non-hydrogen) atoms. The van der Waals surface area contributed by atoms with Crippen molar-refractivity contribution >= 4 is 18.2 Å². The zero-order valence-corrected chi connectivity index (χ0v) is 13.6. The van der Waals surface area contributed by atoms with Gasteiger partial charge in [-0.25, -0.2) is 4.79 Å². The van der Waals surface area contributed by atoms with E-state index in [0.29, 0.717) is 26.2 Å². The highest BCUT2D eigenvalue weighted by molar-refractivity contribution is 5.80. The van der Waals surface area contributed by atoms with Crippen LogP contribution in [0.5, 0.6) is 0 Å². The van der Waals surface area contributed by atoms with E-state index in [-0.39, 0.29) is 24.8 Å². The van der Waals surface area contributed by atoms with E-state index >= 15 is 0 Å². The van der Waals surface area contributed by atoms with Gasteiger partial charge in [-0.1, -0.05) is 30.3 Å². The van der Waals surface area contributed by atoms with Crippen LogP contribution in [0.15, 0.2) is 35.3 Å². The van der Waals surface area contributed by atoms with Gasteiger partial charge in [0.15, 0.2) is 0 Å². The molecule has 2 amide bonds. The lowest BCUT2D eigenvalue weighted by Gasteiger charge is -2.36. The highest BCUT2D eigenvalue weighted by Crippen LogP contribution is 2.18. The maximum Gasteiger partial charge on any atom is 0.411 e. The third-order valence-corrected chi connectivity index (χ3v) is 4.18. The van der Waals surface area contributed by atoms with Gasteiger partial charge in [-0.15, -0.1) is 0 Å². The minimum Gasteiger partial charge on any atom is -0.442 e. The highest BCUT2D eigenvalue weighted by Gasteiger charge is 2.38. The van der Waals surface area contributed by atoms with Crippen molar-refractivity contribution in [2.45, 2.75) is 19.2 Å². The average Bonchev–Trinajstić information content (AvgIpc) is 2.96. The third-order valence-electron chi connectivity index (χ3n) is 4.18. The Kier molecular flexibility index (Phi) is 5.10. The van der Waals surface area contributed by atoms with Crippen LogP contribution in [0.4, 0.5) is 4.79 Å². The predicted octanol–water partition coefficient (Wildman–Crippen LogP) is 1.13. The van der Waals surface area contributed by atoms with E-state index in [2.05, 4.69) is 4.99 Å². The lowest BCUT2D eigenvalue weighted by Crippen LogP contribution is -2.54. The molecule has 7 heteroatoms. The first-order valence-electron chi connectivity index (χ1n) is 8.04. The molecule has 2 atom stereocenters. The monoisotopic (exact) mass is 331 g/mol. The molecule has 1 aromatic rings. The van der Waals surface area contributed by atoms with Crippen LogP contribution in [-0.4, -0.2) is 73.1 Å². The standard InChI is InChI=1S/C17H21N3O4/c1-13(19-7-8-23-12-16(19)21)20-11-15(24-17(20)22)10-18-9-14-5-3-2-4-6-14/h2-6,9,13,15H,7-8,10-12H2,1H3/t13?,15-/m0/s1. The Morgan fingerprint density at radius 1 is 1.29 bits per heavy atom. The molecular weight excluding hydrogens is 310 g/mol. The van der Waals surface area contributed by atoms with Crippen molar-refractivity contribution in [2.75, 3.05) is 32.8 Å². The molecule has 0 saturated carbocycles. The molecule has 1 aromatic carbocycles. The smallest absolute Gasteiger partial charge is 0.411 e. The van der Waals surface area contributed by atoms with Gasteiger partial charge in [-0.05, 0) is 12.5 Å². The van der Waals surface area contributed by atoms with Crippen molar-refractivity contribution in [1.29, 1.82) is 0 Å². The average molecular weight is 331 g/mol. The Bertz CT molecular complexity index is 620. The second kappa shape index (κ2) is 7.44. The Balaban J connectivity index is 1.55. The van der Waals surface area contributed by atoms with Gasteiger partial charge in [0.1, 0.15) is 18.9 Å². The number of morpholine rings is 1. The van der Waals surface area contributed by atoms with Crippen LogP contribution in [0.2, 0.25) is 0 Å². The van der Waals surface area contributed by atoms with Crippen LogP contribution in [0.1, 0.15) is 12.5 Å². The highest BCUT2D eigenvalue weighted by atomic mass is 16.6. The molecule has 0 bridgehead atoms. The van der Waals surface area contributed by atoms with Gasteiger partial charge in [0, 0.05) is 12.8 Å². The topological polar surface area (TPSA) is 71.4 Å². The van der Waals surface area contributed by atoms with Gasteiger partial charge in [0.2, 0.25) is 5.91 Å². The predicted molar refractivity (Wildman–Crippen MR) is 87.9 cm³/mol. The fourth-order valence-corrected chi connectivity index (χ4v) is 2.85. The van der Waals surface area contributed by atoms with Crippen molar-refractivity contribution in [3.8, 4) is 0 Å². The first-order valence-corrected chi connectivity index (χ1v) is 8.04. The molecular formula is C17H21N3O4. The number of amides is 2. The van der Waals surface area contributed by atoms with E-state index in [1.165, 1.54) is 0 Å². The van der Waals surface area contributed by atoms with Crippen LogP contribution >= 0.6 is 0 Å². The van der Waals surface area contributed by atoms with Crippen LogP contribution in [0, 0.1) is 0 Å². The van der Waals surface area contributed by atoms with Gasteiger partial charge >= 0.3 is 6.09 Å². The minimum atomic E-state index is -0.401. The lowest BCUT2D eigenvalue weighted by atomic mass is 10.2. The Hall–Kier alpha value is -2.41. The van der Waals surface area contributed by atoms with E-state index in [1.54, 1.807) is 16.0 Å². The number of carbonyl (C=O) groups excluding carboxylic acids is 2. The van der Waals surface area contributed by atoms with Crippen molar-refractivity contribution in [3.63, 3.8) is 0 Å². The molecule has 2 heterocycles. The van der Waals surface area contributed by atoms with Gasteiger partial charge < -0.3 is 14.4 Å². The van der Waals surface area contributed by atoms with E-state index in [9.17, 15) is 9.59 Å². The maximum atomic E-state index is 12.1. The second-order valence-corrected chi connectivity index (χ2v) is 5.83. The quantitative estimate of drug-likeness (QED) is 0.758.